The van der Waals surface area contributed by atoms with Crippen LogP contribution in [0.15, 0.2) is 65.6 Å². The fourth-order valence-corrected chi connectivity index (χ4v) is 7.51. The molecule has 1 fully saturated rings. The van der Waals surface area contributed by atoms with Crippen LogP contribution >= 0.6 is 11.6 Å². The fraction of sp³-hybridized carbons (Fsp3) is 0.429. The number of carbonyl (C=O) groups is 2. The monoisotopic (exact) mass is 685 g/mol. The van der Waals surface area contributed by atoms with Gasteiger partial charge in [0.15, 0.2) is 11.5 Å². The van der Waals surface area contributed by atoms with Crippen LogP contribution in [0.1, 0.15) is 56.6 Å². The first-order valence-electron chi connectivity index (χ1n) is 15.8. The molecular weight excluding hydrogens is 642 g/mol. The SMILES string of the molecule is CC[C@@H](C(=O)NC1CCCCC1)N(Cc1ccccc1C)C(=O)CN(c1cc(Cl)ccc1OC)S(=O)(=O)c1ccc(OC)c(OC)c1. The normalized spacial score (nSPS) is 14.2. The van der Waals surface area contributed by atoms with Crippen molar-refractivity contribution in [2.45, 2.75) is 75.9 Å². The quantitative estimate of drug-likeness (QED) is 0.217. The van der Waals surface area contributed by atoms with Crippen LogP contribution in [-0.2, 0) is 26.2 Å². The van der Waals surface area contributed by atoms with Gasteiger partial charge < -0.3 is 24.4 Å². The predicted molar refractivity (Wildman–Crippen MR) is 183 cm³/mol. The van der Waals surface area contributed by atoms with E-state index in [9.17, 15) is 18.0 Å². The second-order valence-electron chi connectivity index (χ2n) is 11.6. The van der Waals surface area contributed by atoms with E-state index in [0.29, 0.717) is 12.2 Å². The summed E-state index contributed by atoms with van der Waals surface area (Å²) in [5.41, 5.74) is 1.86. The van der Waals surface area contributed by atoms with Gasteiger partial charge in [0.1, 0.15) is 18.3 Å². The summed E-state index contributed by atoms with van der Waals surface area (Å²) in [5, 5.41) is 3.41. The highest BCUT2D eigenvalue weighted by Crippen LogP contribution is 2.37. The first-order chi connectivity index (χ1) is 22.5. The first-order valence-corrected chi connectivity index (χ1v) is 17.6. The van der Waals surface area contributed by atoms with Gasteiger partial charge in [0.05, 0.1) is 31.9 Å². The highest BCUT2D eigenvalue weighted by molar-refractivity contribution is 7.92. The van der Waals surface area contributed by atoms with Gasteiger partial charge in [-0.15, -0.1) is 0 Å². The zero-order chi connectivity index (χ0) is 34.1. The van der Waals surface area contributed by atoms with Gasteiger partial charge >= 0.3 is 0 Å². The minimum Gasteiger partial charge on any atom is -0.495 e. The Morgan fingerprint density at radius 3 is 2.21 bits per heavy atom. The van der Waals surface area contributed by atoms with E-state index in [0.717, 1.165) is 47.5 Å². The number of benzene rings is 3. The molecule has 1 aliphatic rings. The van der Waals surface area contributed by atoms with E-state index in [1.54, 1.807) is 6.07 Å². The summed E-state index contributed by atoms with van der Waals surface area (Å²) in [6.45, 7) is 3.26. The molecule has 3 aromatic carbocycles. The molecule has 1 N–H and O–H groups in total. The number of hydrogen-bond acceptors (Lipinski definition) is 7. The van der Waals surface area contributed by atoms with Gasteiger partial charge in [-0.25, -0.2) is 8.42 Å². The number of aryl methyl sites for hydroxylation is 1. The van der Waals surface area contributed by atoms with Crippen molar-refractivity contribution in [1.29, 1.82) is 0 Å². The maximum atomic E-state index is 14.5. The van der Waals surface area contributed by atoms with Crippen molar-refractivity contribution in [3.63, 3.8) is 0 Å². The molecule has 0 heterocycles. The Morgan fingerprint density at radius 1 is 0.915 bits per heavy atom. The highest BCUT2D eigenvalue weighted by atomic mass is 35.5. The lowest BCUT2D eigenvalue weighted by Gasteiger charge is -2.35. The number of nitrogens with zero attached hydrogens (tertiary/aromatic N) is 2. The maximum Gasteiger partial charge on any atom is 0.265 e. The molecule has 0 radical (unpaired) electrons. The van der Waals surface area contributed by atoms with E-state index in [1.807, 2.05) is 38.1 Å². The first kappa shape index (κ1) is 35.9. The molecule has 47 heavy (non-hydrogen) atoms. The molecule has 10 nitrogen and oxygen atoms in total. The molecule has 1 aliphatic carbocycles. The van der Waals surface area contributed by atoms with E-state index in [-0.39, 0.29) is 45.6 Å². The van der Waals surface area contributed by atoms with Crippen LogP contribution in [0.25, 0.3) is 0 Å². The Balaban J connectivity index is 1.80. The summed E-state index contributed by atoms with van der Waals surface area (Å²) in [4.78, 5) is 29.7. The molecular formula is C35H44ClN3O7S. The Kier molecular flexibility index (Phi) is 12.4. The topological polar surface area (TPSA) is 114 Å². The van der Waals surface area contributed by atoms with Crippen LogP contribution in [0, 0.1) is 6.92 Å². The van der Waals surface area contributed by atoms with Gasteiger partial charge in [-0.3, -0.25) is 13.9 Å². The molecule has 4 rings (SSSR count). The highest BCUT2D eigenvalue weighted by Gasteiger charge is 2.36. The van der Waals surface area contributed by atoms with E-state index >= 15 is 0 Å². The molecule has 0 aromatic heterocycles. The summed E-state index contributed by atoms with van der Waals surface area (Å²) in [5.74, 6) is -0.0853. The average molecular weight is 686 g/mol. The van der Waals surface area contributed by atoms with Crippen molar-refractivity contribution in [3.05, 3.63) is 76.8 Å². The van der Waals surface area contributed by atoms with Gasteiger partial charge in [0.2, 0.25) is 11.8 Å². The van der Waals surface area contributed by atoms with Crippen molar-refractivity contribution in [2.24, 2.45) is 0 Å². The third-order valence-electron chi connectivity index (χ3n) is 8.57. The summed E-state index contributed by atoms with van der Waals surface area (Å²) in [6.07, 6.45) is 5.33. The molecule has 2 amide bonds. The zero-order valence-electron chi connectivity index (χ0n) is 27.6. The lowest BCUT2D eigenvalue weighted by atomic mass is 9.95. The van der Waals surface area contributed by atoms with Gasteiger partial charge in [-0.2, -0.15) is 0 Å². The Hall–Kier alpha value is -3.96. The Labute approximate surface area is 283 Å². The second-order valence-corrected chi connectivity index (χ2v) is 13.9. The zero-order valence-corrected chi connectivity index (χ0v) is 29.2. The number of carbonyl (C=O) groups excluding carboxylic acids is 2. The number of anilines is 1. The van der Waals surface area contributed by atoms with Crippen LogP contribution < -0.4 is 23.8 Å². The Morgan fingerprint density at radius 2 is 1.57 bits per heavy atom. The third kappa shape index (κ3) is 8.50. The van der Waals surface area contributed by atoms with Crippen molar-refractivity contribution < 1.29 is 32.2 Å². The van der Waals surface area contributed by atoms with Gasteiger partial charge in [0, 0.05) is 23.7 Å². The number of ether oxygens (including phenoxy) is 3. The van der Waals surface area contributed by atoms with Crippen LogP contribution in [0.4, 0.5) is 5.69 Å². The number of hydrogen-bond donors (Lipinski definition) is 1. The molecule has 3 aromatic rings. The third-order valence-corrected chi connectivity index (χ3v) is 10.6. The lowest BCUT2D eigenvalue weighted by Crippen LogP contribution is -2.54. The molecule has 254 valence electrons. The Bertz CT molecular complexity index is 1660. The van der Waals surface area contributed by atoms with Gasteiger partial charge in [-0.1, -0.05) is 62.1 Å². The minimum absolute atomic E-state index is 0.0402. The van der Waals surface area contributed by atoms with Crippen LogP contribution in [0.2, 0.25) is 5.02 Å². The van der Waals surface area contributed by atoms with E-state index in [1.165, 1.54) is 56.6 Å². The molecule has 0 aliphatic heterocycles. The number of sulfonamides is 1. The largest absolute Gasteiger partial charge is 0.495 e. The molecule has 0 saturated heterocycles. The summed E-state index contributed by atoms with van der Waals surface area (Å²) >= 11 is 6.37. The van der Waals surface area contributed by atoms with Crippen LogP contribution in [0.5, 0.6) is 17.2 Å². The summed E-state index contributed by atoms with van der Waals surface area (Å²) in [6, 6.07) is 15.6. The van der Waals surface area contributed by atoms with Crippen molar-refractivity contribution in [2.75, 3.05) is 32.2 Å². The molecule has 0 spiro atoms. The van der Waals surface area contributed by atoms with Crippen molar-refractivity contribution >= 4 is 39.1 Å². The standard InChI is InChI=1S/C35H44ClN3O7S/c1-6-29(35(41)37-27-14-8-7-9-15-27)38(22-25-13-11-10-12-24(25)2)34(40)23-39(30-20-26(36)16-18-31(30)44-3)47(42,43)28-17-19-32(45-4)33(21-28)46-5/h10-13,16-21,27,29H,6-9,14-15,22-23H2,1-5H3,(H,37,41)/t29-/m0/s1. The summed E-state index contributed by atoms with van der Waals surface area (Å²) < 4.78 is 46.1. The number of amides is 2. The van der Waals surface area contributed by atoms with E-state index in [2.05, 4.69) is 5.32 Å². The lowest BCUT2D eigenvalue weighted by molar-refractivity contribution is -0.140. The predicted octanol–water partition coefficient (Wildman–Crippen LogP) is 6.13. The van der Waals surface area contributed by atoms with E-state index < -0.39 is 28.5 Å². The minimum atomic E-state index is -4.43. The average Bonchev–Trinajstić information content (AvgIpc) is 3.07. The van der Waals surface area contributed by atoms with E-state index in [4.69, 9.17) is 25.8 Å². The van der Waals surface area contributed by atoms with Gasteiger partial charge in [0.25, 0.3) is 10.0 Å². The molecule has 1 atom stereocenters. The summed E-state index contributed by atoms with van der Waals surface area (Å²) in [7, 11) is -0.174. The number of rotatable bonds is 14. The molecule has 0 unspecified atom stereocenters. The molecule has 1 saturated carbocycles. The smallest absolute Gasteiger partial charge is 0.265 e. The van der Waals surface area contributed by atoms with Crippen LogP contribution in [0.3, 0.4) is 0 Å². The van der Waals surface area contributed by atoms with Crippen molar-refractivity contribution in [1.82, 2.24) is 10.2 Å². The van der Waals surface area contributed by atoms with Crippen LogP contribution in [-0.4, -0.2) is 65.1 Å². The maximum absolute atomic E-state index is 14.5. The second kappa shape index (κ2) is 16.2. The molecule has 0 bridgehead atoms. The fourth-order valence-electron chi connectivity index (χ4n) is 5.91. The van der Waals surface area contributed by atoms with Gasteiger partial charge in [-0.05, 0) is 67.6 Å². The number of methoxy groups -OCH3 is 3. The molecule has 12 heteroatoms. The number of nitrogens with one attached hydrogen (secondary N) is 1. The number of halogens is 1. The van der Waals surface area contributed by atoms with Crippen molar-refractivity contribution in [3.8, 4) is 17.2 Å².